The fourth-order valence-corrected chi connectivity index (χ4v) is 12.1. The van der Waals surface area contributed by atoms with Gasteiger partial charge in [0, 0.05) is 76.5 Å². The summed E-state index contributed by atoms with van der Waals surface area (Å²) in [5, 5.41) is 46.3. The fourth-order valence-electron chi connectivity index (χ4n) is 12.1. The standard InChI is InChI=1S/C65H98N10O16/c1-15-39(6)56(49(90-13)34-53(80)73-32-19-22-48(73)59(91-14)40(7)60(84)67-41(8)58(83)44-20-17-16-18-21-44)72(10)65(89)55(37(2)3)71-64(88)57(38(4)5)75(11,12)35-43-23-25-45(26-24-43)68-62(86)46(27-30-54(81)82)69-63(87)47(36-76)70-61(85)42(9)66-50(77)31-33-74-51(78)28-29-52(74)79/h16-18,20-21,23-26,28-29,37-42,46-49,55-59,76,83H,15,19,22,27,30-36H2,1-14H3,(H6-,66,67,68,69,70,71,77,81,82,84,85,86,87,88)/p+1/t39-,40+,41+,42-,46-,47-,48-,49+,55-,56-,57-,58+,59+/m0/s1. The van der Waals surface area contributed by atoms with Crippen molar-refractivity contribution in [2.45, 2.75) is 180 Å². The lowest BCUT2D eigenvalue weighted by Crippen LogP contribution is -2.63. The Morgan fingerprint density at radius 2 is 1.35 bits per heavy atom. The molecule has 0 aliphatic carbocycles. The number of aliphatic hydroxyl groups is 2. The third-order valence-electron chi connectivity index (χ3n) is 17.3. The van der Waals surface area contributed by atoms with Crippen LogP contribution in [0.1, 0.15) is 124 Å². The van der Waals surface area contributed by atoms with Crippen LogP contribution in [0, 0.1) is 23.7 Å². The summed E-state index contributed by atoms with van der Waals surface area (Å²) in [5.74, 6) is -8.55. The van der Waals surface area contributed by atoms with Crippen LogP contribution in [0.25, 0.3) is 0 Å². The normalized spacial score (nSPS) is 18.2. The van der Waals surface area contributed by atoms with Crippen molar-refractivity contribution in [2.24, 2.45) is 23.7 Å². The van der Waals surface area contributed by atoms with Crippen molar-refractivity contribution in [2.75, 3.05) is 60.4 Å². The lowest BCUT2D eigenvalue weighted by Gasteiger charge is -2.42. The number of nitrogens with one attached hydrogen (secondary N) is 6. The van der Waals surface area contributed by atoms with E-state index >= 15 is 0 Å². The van der Waals surface area contributed by atoms with Gasteiger partial charge in [-0.2, -0.15) is 0 Å². The van der Waals surface area contributed by atoms with E-state index in [0.717, 1.165) is 22.6 Å². The maximum Gasteiger partial charge on any atom is 0.303 e. The average molecular weight is 1280 g/mol. The number of carboxylic acid groups (broad SMARTS) is 1. The number of hydrogen-bond acceptors (Lipinski definition) is 15. The molecule has 0 spiro atoms. The van der Waals surface area contributed by atoms with Crippen molar-refractivity contribution in [3.8, 4) is 0 Å². The van der Waals surface area contributed by atoms with Crippen LogP contribution in [-0.4, -0.2) is 215 Å². The zero-order valence-electron chi connectivity index (χ0n) is 55.2. The van der Waals surface area contributed by atoms with Crippen LogP contribution >= 0.6 is 0 Å². The van der Waals surface area contributed by atoms with Crippen molar-refractivity contribution in [1.82, 2.24) is 41.3 Å². The molecule has 0 saturated carbocycles. The van der Waals surface area contributed by atoms with Crippen LogP contribution in [0.4, 0.5) is 5.69 Å². The lowest BCUT2D eigenvalue weighted by atomic mass is 9.89. The molecule has 0 radical (unpaired) electrons. The minimum absolute atomic E-state index is 0.0755. The summed E-state index contributed by atoms with van der Waals surface area (Å²) in [4.78, 5) is 150. The Kier molecular flexibility index (Phi) is 29.4. The van der Waals surface area contributed by atoms with Gasteiger partial charge < -0.3 is 71.0 Å². The van der Waals surface area contributed by atoms with E-state index in [4.69, 9.17) is 9.47 Å². The molecule has 9 N–H and O–H groups in total. The third-order valence-corrected chi connectivity index (χ3v) is 17.3. The van der Waals surface area contributed by atoms with E-state index in [1.54, 1.807) is 67.1 Å². The molecule has 26 nitrogen and oxygen atoms in total. The molecule has 1 saturated heterocycles. The monoisotopic (exact) mass is 1280 g/mol. The molecule has 2 aromatic rings. The van der Waals surface area contributed by atoms with Gasteiger partial charge in [-0.1, -0.05) is 97.4 Å². The van der Waals surface area contributed by atoms with Crippen LogP contribution < -0.4 is 31.9 Å². The average Bonchev–Trinajstić information content (AvgIpc) is 1.63. The van der Waals surface area contributed by atoms with Gasteiger partial charge in [0.1, 0.15) is 30.7 Å². The van der Waals surface area contributed by atoms with Crippen molar-refractivity contribution in [3.05, 3.63) is 77.9 Å². The van der Waals surface area contributed by atoms with Gasteiger partial charge in [0.25, 0.3) is 17.7 Å². The summed E-state index contributed by atoms with van der Waals surface area (Å²) in [6.45, 7) is 15.9. The molecule has 4 rings (SSSR count). The van der Waals surface area contributed by atoms with Crippen LogP contribution in [0.5, 0.6) is 0 Å². The number of anilines is 1. The molecular weight excluding hydrogens is 1180 g/mol. The van der Waals surface area contributed by atoms with Gasteiger partial charge in [0.2, 0.25) is 41.4 Å². The van der Waals surface area contributed by atoms with Gasteiger partial charge in [0.15, 0.2) is 6.04 Å². The topological polar surface area (TPSA) is 349 Å². The van der Waals surface area contributed by atoms with Crippen molar-refractivity contribution < 1.29 is 82.0 Å². The van der Waals surface area contributed by atoms with Crippen LogP contribution in [0.3, 0.4) is 0 Å². The predicted molar refractivity (Wildman–Crippen MR) is 337 cm³/mol. The molecule has 2 aliphatic heterocycles. The number of carbonyl (C=O) groups is 11. The van der Waals surface area contributed by atoms with Gasteiger partial charge in [-0.05, 0) is 62.6 Å². The minimum Gasteiger partial charge on any atom is -0.481 e. The maximum absolute atomic E-state index is 14.9. The molecular formula is C65H99N10O16+. The number of quaternary nitrogens is 1. The van der Waals surface area contributed by atoms with Gasteiger partial charge in [0.05, 0.1) is 69.5 Å². The van der Waals surface area contributed by atoms with Crippen molar-refractivity contribution in [1.29, 1.82) is 0 Å². The lowest BCUT2D eigenvalue weighted by molar-refractivity contribution is -0.922. The number of benzene rings is 2. The number of likely N-dealkylation sites (N-methyl/N-ethyl adjacent to an activating group) is 2. The second-order valence-electron chi connectivity index (χ2n) is 25.2. The fraction of sp³-hybridized carbons (Fsp3) is 0.615. The number of likely N-dealkylation sites (tertiary alicyclic amines) is 1. The van der Waals surface area contributed by atoms with Gasteiger partial charge in [-0.25, -0.2) is 0 Å². The minimum atomic E-state index is -1.63. The van der Waals surface area contributed by atoms with Crippen LogP contribution in [0.15, 0.2) is 66.7 Å². The Hall–Kier alpha value is -7.65. The molecule has 2 heterocycles. The van der Waals surface area contributed by atoms with E-state index in [2.05, 4.69) is 31.9 Å². The number of imide groups is 1. The molecule has 0 unspecified atom stereocenters. The quantitative estimate of drug-likeness (QED) is 0.0349. The molecule has 26 heteroatoms. The molecule has 2 aliphatic rings. The molecule has 10 amide bonds. The Labute approximate surface area is 534 Å². The summed E-state index contributed by atoms with van der Waals surface area (Å²) in [6, 6.07) is 8.09. The summed E-state index contributed by atoms with van der Waals surface area (Å²) in [7, 11) is 8.48. The summed E-state index contributed by atoms with van der Waals surface area (Å²) in [6.07, 6.45) is 0.385. The first-order valence-corrected chi connectivity index (χ1v) is 31.3. The SMILES string of the molecule is CC[C@H](C)[C@@H]([C@@H](CC(=O)N1CCC[C@H]1[C@H](OC)[C@@H](C)C(=O)N[C@H](C)[C@@H](O)c1ccccc1)OC)N(C)C(=O)[C@@H](NC(=O)[C@H](C(C)C)[N+](C)(C)Cc1ccc(NC(=O)[C@H](CCC(=O)O)NC(=O)[C@H](CO)NC(=O)[C@H](C)NC(=O)CCN2C(=O)C=CC2=O)cc1)C(C)C. The Balaban J connectivity index is 1.42. The van der Waals surface area contributed by atoms with Gasteiger partial charge in [-0.3, -0.25) is 57.6 Å². The number of amides is 10. The predicted octanol–water partition coefficient (Wildman–Crippen LogP) is 2.17. The smallest absolute Gasteiger partial charge is 0.303 e. The molecule has 0 aromatic heterocycles. The first-order valence-electron chi connectivity index (χ1n) is 31.3. The summed E-state index contributed by atoms with van der Waals surface area (Å²) < 4.78 is 12.2. The molecule has 13 atom stereocenters. The molecule has 91 heavy (non-hydrogen) atoms. The molecule has 1 fully saturated rings. The van der Waals surface area contributed by atoms with Crippen LogP contribution in [-0.2, 0) is 68.8 Å². The number of aliphatic carboxylic acids is 1. The number of carbonyl (C=O) groups excluding carboxylic acids is 10. The van der Waals surface area contributed by atoms with Crippen LogP contribution in [0.2, 0.25) is 0 Å². The van der Waals surface area contributed by atoms with E-state index in [1.165, 1.54) is 21.1 Å². The zero-order valence-corrected chi connectivity index (χ0v) is 55.2. The second kappa shape index (κ2) is 35.2. The number of aliphatic hydroxyl groups excluding tert-OH is 2. The van der Waals surface area contributed by atoms with E-state index in [0.29, 0.717) is 37.9 Å². The molecule has 2 aromatic carbocycles. The van der Waals surface area contributed by atoms with E-state index in [1.807, 2.05) is 73.8 Å². The number of nitrogens with zero attached hydrogens (tertiary/aromatic N) is 4. The van der Waals surface area contributed by atoms with Gasteiger partial charge in [-0.15, -0.1) is 0 Å². The maximum atomic E-state index is 14.9. The number of methoxy groups -OCH3 is 2. The van der Waals surface area contributed by atoms with Crippen molar-refractivity contribution >= 4 is 70.7 Å². The van der Waals surface area contributed by atoms with Crippen molar-refractivity contribution in [3.63, 3.8) is 0 Å². The highest BCUT2D eigenvalue weighted by atomic mass is 16.5. The first kappa shape index (κ1) is 75.8. The highest BCUT2D eigenvalue weighted by molar-refractivity contribution is 6.13. The largest absolute Gasteiger partial charge is 0.481 e. The third kappa shape index (κ3) is 21.2. The Morgan fingerprint density at radius 1 is 0.736 bits per heavy atom. The number of ether oxygens (including phenoxy) is 2. The second-order valence-corrected chi connectivity index (χ2v) is 25.2. The van der Waals surface area contributed by atoms with E-state index in [-0.39, 0.29) is 77.4 Å². The highest BCUT2D eigenvalue weighted by Gasteiger charge is 2.45. The Bertz CT molecular complexity index is 2850. The Morgan fingerprint density at radius 3 is 1.90 bits per heavy atom. The van der Waals surface area contributed by atoms with E-state index in [9.17, 15) is 68.1 Å². The molecule has 0 bridgehead atoms. The van der Waals surface area contributed by atoms with Gasteiger partial charge >= 0.3 is 5.97 Å². The number of carboxylic acids is 1. The first-order chi connectivity index (χ1) is 42.8. The number of rotatable bonds is 36. The molecule has 504 valence electrons. The summed E-state index contributed by atoms with van der Waals surface area (Å²) in [5.41, 5.74) is 1.70. The van der Waals surface area contributed by atoms with E-state index < -0.39 is 127 Å². The number of hydrogen-bond donors (Lipinski definition) is 9. The summed E-state index contributed by atoms with van der Waals surface area (Å²) >= 11 is 0. The zero-order chi connectivity index (χ0) is 68.2. The highest BCUT2D eigenvalue weighted by Crippen LogP contribution is 2.31.